The van der Waals surface area contributed by atoms with Crippen molar-refractivity contribution in [3.05, 3.63) is 82.9 Å². The van der Waals surface area contributed by atoms with Gasteiger partial charge in [-0.25, -0.2) is 9.97 Å². The van der Waals surface area contributed by atoms with Gasteiger partial charge in [0.2, 0.25) is 0 Å². The van der Waals surface area contributed by atoms with Gasteiger partial charge in [0.05, 0.1) is 26.6 Å². The van der Waals surface area contributed by atoms with Crippen molar-refractivity contribution in [1.82, 2.24) is 30.5 Å². The Morgan fingerprint density at radius 3 is 2.71 bits per heavy atom. The number of aromatic amines is 2. The van der Waals surface area contributed by atoms with Crippen LogP contribution in [0.15, 0.2) is 72.8 Å². The number of nitrogens with zero attached hydrogens (tertiary/aromatic N) is 3. The molecule has 0 bridgehead atoms. The summed E-state index contributed by atoms with van der Waals surface area (Å²) in [4.78, 5) is 14.5. The number of piperidine rings is 1. The number of thiophene rings is 1. The number of fused-ring (bicyclic) bond motifs is 2. The lowest BCUT2D eigenvalue weighted by Crippen LogP contribution is -2.27. The summed E-state index contributed by atoms with van der Waals surface area (Å²) in [5.41, 5.74) is 8.45. The first-order valence-corrected chi connectivity index (χ1v) is 14.1. The molecule has 1 saturated heterocycles. The largest absolute Gasteiger partial charge is 0.336 e. The van der Waals surface area contributed by atoms with E-state index in [4.69, 9.17) is 21.6 Å². The number of nitrogens with one attached hydrogen (secondary N) is 3. The molecule has 6 nitrogen and oxygen atoms in total. The summed E-state index contributed by atoms with van der Waals surface area (Å²) in [6.07, 6.45) is 9.77. The highest BCUT2D eigenvalue weighted by Gasteiger charge is 2.18. The van der Waals surface area contributed by atoms with E-state index in [0.717, 1.165) is 67.6 Å². The Bertz CT molecular complexity index is 1680. The van der Waals surface area contributed by atoms with Gasteiger partial charge in [-0.05, 0) is 92.7 Å². The van der Waals surface area contributed by atoms with E-state index in [1.165, 1.54) is 18.4 Å². The summed E-state index contributed by atoms with van der Waals surface area (Å²) in [7, 11) is 0. The van der Waals surface area contributed by atoms with Gasteiger partial charge in [-0.1, -0.05) is 42.5 Å². The standard InChI is InChI=1S/C30H29ClN6S/c1-3-18(16-19-12-14-32-15-13-19)17-20(4-2)22-8-9-24-28(33-22)29(37-36-24)30-34-23-7-5-6-21(27(23)35-30)25-10-11-26(31)38-25/h3-11,17,19,32H,1,12-16H2,2H3,(H,34,35)(H,36,37)/b18-17+,20-4+. The first kappa shape index (κ1) is 24.8. The van der Waals surface area contributed by atoms with Crippen LogP contribution in [0.3, 0.4) is 0 Å². The van der Waals surface area contributed by atoms with Gasteiger partial charge in [0, 0.05) is 10.4 Å². The van der Waals surface area contributed by atoms with Crippen molar-refractivity contribution in [2.75, 3.05) is 13.1 Å². The van der Waals surface area contributed by atoms with Crippen molar-refractivity contribution in [3.8, 4) is 22.0 Å². The predicted molar refractivity (Wildman–Crippen MR) is 159 cm³/mol. The van der Waals surface area contributed by atoms with Crippen LogP contribution >= 0.6 is 22.9 Å². The normalized spacial score (nSPS) is 15.5. The minimum absolute atomic E-state index is 0.682. The number of imidazole rings is 1. The highest BCUT2D eigenvalue weighted by atomic mass is 35.5. The molecule has 0 saturated carbocycles. The molecule has 5 aromatic rings. The number of H-pyrrole nitrogens is 2. The van der Waals surface area contributed by atoms with Crippen molar-refractivity contribution in [2.45, 2.75) is 26.2 Å². The highest BCUT2D eigenvalue weighted by molar-refractivity contribution is 7.19. The predicted octanol–water partition coefficient (Wildman–Crippen LogP) is 7.79. The number of hydrogen-bond acceptors (Lipinski definition) is 5. The highest BCUT2D eigenvalue weighted by Crippen LogP contribution is 2.36. The van der Waals surface area contributed by atoms with Gasteiger partial charge in [-0.15, -0.1) is 11.3 Å². The molecule has 0 aliphatic carbocycles. The molecule has 4 aromatic heterocycles. The van der Waals surface area contributed by atoms with Crippen LogP contribution in [0.5, 0.6) is 0 Å². The Labute approximate surface area is 230 Å². The molecule has 1 fully saturated rings. The van der Waals surface area contributed by atoms with Crippen LogP contribution in [-0.2, 0) is 0 Å². The van der Waals surface area contributed by atoms with Gasteiger partial charge >= 0.3 is 0 Å². The monoisotopic (exact) mass is 540 g/mol. The van der Waals surface area contributed by atoms with Crippen LogP contribution in [0.4, 0.5) is 0 Å². The van der Waals surface area contributed by atoms with E-state index in [1.54, 1.807) is 11.3 Å². The summed E-state index contributed by atoms with van der Waals surface area (Å²) in [6, 6.07) is 14.1. The molecule has 8 heteroatoms. The molecule has 0 unspecified atom stereocenters. The maximum absolute atomic E-state index is 6.21. The van der Waals surface area contributed by atoms with Crippen molar-refractivity contribution in [3.63, 3.8) is 0 Å². The molecule has 6 rings (SSSR count). The van der Waals surface area contributed by atoms with Gasteiger partial charge in [0.15, 0.2) is 11.5 Å². The first-order chi connectivity index (χ1) is 18.6. The topological polar surface area (TPSA) is 82.3 Å². The Hall–Kier alpha value is -3.52. The molecule has 1 aliphatic heterocycles. The van der Waals surface area contributed by atoms with E-state index in [2.05, 4.69) is 52.2 Å². The zero-order chi connectivity index (χ0) is 26.1. The average Bonchev–Trinajstić information content (AvgIpc) is 3.68. The van der Waals surface area contributed by atoms with Crippen LogP contribution in [0, 0.1) is 5.92 Å². The number of halogens is 1. The van der Waals surface area contributed by atoms with Gasteiger partial charge in [0.1, 0.15) is 5.52 Å². The number of pyridine rings is 1. The number of hydrogen-bond donors (Lipinski definition) is 3. The Morgan fingerprint density at radius 1 is 1.08 bits per heavy atom. The number of aromatic nitrogens is 5. The fraction of sp³-hybridized carbons (Fsp3) is 0.233. The second kappa shape index (κ2) is 10.7. The van der Waals surface area contributed by atoms with Crippen LogP contribution < -0.4 is 5.32 Å². The first-order valence-electron chi connectivity index (χ1n) is 12.9. The molecule has 0 spiro atoms. The van der Waals surface area contributed by atoms with Crippen molar-refractivity contribution in [2.24, 2.45) is 5.92 Å². The second-order valence-electron chi connectivity index (χ2n) is 9.62. The molecule has 1 aromatic carbocycles. The molecule has 38 heavy (non-hydrogen) atoms. The molecular weight excluding hydrogens is 512 g/mol. The summed E-state index contributed by atoms with van der Waals surface area (Å²) in [5.74, 6) is 1.37. The summed E-state index contributed by atoms with van der Waals surface area (Å²) in [6.45, 7) is 8.33. The third kappa shape index (κ3) is 4.85. The molecule has 0 radical (unpaired) electrons. The molecular formula is C30H29ClN6S. The van der Waals surface area contributed by atoms with E-state index in [0.29, 0.717) is 17.4 Å². The maximum atomic E-state index is 6.21. The molecule has 0 amide bonds. The van der Waals surface area contributed by atoms with E-state index >= 15 is 0 Å². The lowest BCUT2D eigenvalue weighted by molar-refractivity contribution is 0.374. The number of allylic oxidation sites excluding steroid dienone is 5. The lowest BCUT2D eigenvalue weighted by Gasteiger charge is -2.23. The Kier molecular flexibility index (Phi) is 6.98. The van der Waals surface area contributed by atoms with Crippen LogP contribution in [0.2, 0.25) is 4.34 Å². The fourth-order valence-corrected chi connectivity index (χ4v) is 6.22. The average molecular weight is 541 g/mol. The summed E-state index contributed by atoms with van der Waals surface area (Å²) >= 11 is 7.75. The molecule has 192 valence electrons. The van der Waals surface area contributed by atoms with Gasteiger partial charge in [-0.2, -0.15) is 5.10 Å². The quantitative estimate of drug-likeness (QED) is 0.184. The van der Waals surface area contributed by atoms with E-state index in [1.807, 2.05) is 42.5 Å². The minimum Gasteiger partial charge on any atom is -0.336 e. The van der Waals surface area contributed by atoms with Gasteiger partial charge < -0.3 is 10.3 Å². The molecule has 5 heterocycles. The molecule has 0 atom stereocenters. The van der Waals surface area contributed by atoms with Crippen LogP contribution in [-0.4, -0.2) is 38.2 Å². The van der Waals surface area contributed by atoms with E-state index < -0.39 is 0 Å². The SMILES string of the molecule is C=C/C(=C\C(=C/C)c1ccc2[nH]nc(-c3nc4c(-c5ccc(Cl)s5)cccc4[nH]3)c2n1)CC1CCNCC1. The van der Waals surface area contributed by atoms with Crippen molar-refractivity contribution >= 4 is 50.6 Å². The van der Waals surface area contributed by atoms with Crippen molar-refractivity contribution < 1.29 is 0 Å². The Morgan fingerprint density at radius 2 is 1.95 bits per heavy atom. The minimum atomic E-state index is 0.682. The van der Waals surface area contributed by atoms with E-state index in [9.17, 15) is 0 Å². The number of rotatable bonds is 7. The zero-order valence-corrected chi connectivity index (χ0v) is 22.8. The van der Waals surface area contributed by atoms with E-state index in [-0.39, 0.29) is 0 Å². The Balaban J connectivity index is 1.36. The van der Waals surface area contributed by atoms with Crippen molar-refractivity contribution in [1.29, 1.82) is 0 Å². The zero-order valence-electron chi connectivity index (χ0n) is 21.2. The second-order valence-corrected chi connectivity index (χ2v) is 11.3. The third-order valence-corrected chi connectivity index (χ3v) is 8.44. The number of para-hydroxylation sites is 1. The van der Waals surface area contributed by atoms with Gasteiger partial charge in [0.25, 0.3) is 0 Å². The molecule has 1 aliphatic rings. The van der Waals surface area contributed by atoms with Gasteiger partial charge in [-0.3, -0.25) is 5.10 Å². The summed E-state index contributed by atoms with van der Waals surface area (Å²) in [5, 5.41) is 11.2. The van der Waals surface area contributed by atoms with Crippen LogP contribution in [0.25, 0.3) is 49.6 Å². The fourth-order valence-electron chi connectivity index (χ4n) is 5.15. The third-order valence-electron chi connectivity index (χ3n) is 7.18. The van der Waals surface area contributed by atoms with Crippen LogP contribution in [0.1, 0.15) is 31.9 Å². The smallest absolute Gasteiger partial charge is 0.161 e. The maximum Gasteiger partial charge on any atom is 0.161 e. The lowest BCUT2D eigenvalue weighted by atomic mass is 9.90. The molecule has 3 N–H and O–H groups in total. The number of benzene rings is 1. The summed E-state index contributed by atoms with van der Waals surface area (Å²) < 4.78 is 0.756.